The number of rotatable bonds is 3. The highest BCUT2D eigenvalue weighted by Gasteiger charge is 2.23. The van der Waals surface area contributed by atoms with Gasteiger partial charge in [-0.05, 0) is 32.9 Å². The quantitative estimate of drug-likeness (QED) is 0.806. The van der Waals surface area contributed by atoms with Crippen molar-refractivity contribution in [2.24, 2.45) is 0 Å². The number of nitrogens with zero attached hydrogens (tertiary/aromatic N) is 2. The highest BCUT2D eigenvalue weighted by atomic mass is 35.5. The molecule has 0 radical (unpaired) electrons. The van der Waals surface area contributed by atoms with E-state index in [1.54, 1.807) is 19.1 Å². The van der Waals surface area contributed by atoms with Crippen molar-refractivity contribution < 1.29 is 5.11 Å². The van der Waals surface area contributed by atoms with Crippen molar-refractivity contribution in [3.63, 3.8) is 0 Å². The van der Waals surface area contributed by atoms with Gasteiger partial charge >= 0.3 is 0 Å². The third-order valence-electron chi connectivity index (χ3n) is 2.13. The van der Waals surface area contributed by atoms with Gasteiger partial charge in [0.05, 0.1) is 11.6 Å². The predicted molar refractivity (Wildman–Crippen MR) is 56.4 cm³/mol. The fourth-order valence-corrected chi connectivity index (χ4v) is 0.918. The number of aliphatic hydroxyl groups is 1. The maximum atomic E-state index is 9.46. The lowest BCUT2D eigenvalue weighted by Gasteiger charge is -2.29. The van der Waals surface area contributed by atoms with Crippen LogP contribution >= 0.6 is 11.6 Å². The van der Waals surface area contributed by atoms with E-state index in [0.29, 0.717) is 11.0 Å². The molecule has 0 aliphatic heterocycles. The summed E-state index contributed by atoms with van der Waals surface area (Å²) in [6.45, 7) is 5.48. The SMILES string of the molecule is CC(O)C(C)(C)Nc1ccc(Cl)nn1. The van der Waals surface area contributed by atoms with Crippen LogP contribution in [0.1, 0.15) is 20.8 Å². The van der Waals surface area contributed by atoms with E-state index in [-0.39, 0.29) is 0 Å². The molecule has 1 rings (SSSR count). The molecule has 0 spiro atoms. The molecule has 0 bridgehead atoms. The van der Waals surface area contributed by atoms with E-state index in [9.17, 15) is 5.11 Å². The third kappa shape index (κ3) is 2.82. The zero-order valence-electron chi connectivity index (χ0n) is 8.45. The Hall–Kier alpha value is -0.870. The van der Waals surface area contributed by atoms with Crippen LogP contribution in [0.5, 0.6) is 0 Å². The molecule has 5 heteroatoms. The molecular weight excluding hydrogens is 202 g/mol. The molecule has 1 aromatic rings. The summed E-state index contributed by atoms with van der Waals surface area (Å²) >= 11 is 5.59. The van der Waals surface area contributed by atoms with Crippen LogP contribution in [0.15, 0.2) is 12.1 Å². The Balaban J connectivity index is 2.74. The van der Waals surface area contributed by atoms with E-state index in [0.717, 1.165) is 0 Å². The Morgan fingerprint density at radius 1 is 1.43 bits per heavy atom. The molecule has 1 unspecified atom stereocenters. The average molecular weight is 216 g/mol. The summed E-state index contributed by atoms with van der Waals surface area (Å²) in [6.07, 6.45) is -0.486. The fraction of sp³-hybridized carbons (Fsp3) is 0.556. The molecule has 14 heavy (non-hydrogen) atoms. The summed E-state index contributed by atoms with van der Waals surface area (Å²) in [5.41, 5.74) is -0.442. The molecule has 0 fully saturated rings. The zero-order chi connectivity index (χ0) is 10.8. The Morgan fingerprint density at radius 3 is 2.50 bits per heavy atom. The molecular formula is C9H14ClN3O. The number of nitrogens with one attached hydrogen (secondary N) is 1. The number of anilines is 1. The largest absolute Gasteiger partial charge is 0.391 e. The Bertz CT molecular complexity index is 297. The summed E-state index contributed by atoms with van der Waals surface area (Å²) < 4.78 is 0. The molecule has 0 aliphatic rings. The van der Waals surface area contributed by atoms with Gasteiger partial charge < -0.3 is 10.4 Å². The molecule has 2 N–H and O–H groups in total. The first kappa shape index (κ1) is 11.2. The molecule has 0 saturated heterocycles. The monoisotopic (exact) mass is 215 g/mol. The van der Waals surface area contributed by atoms with Crippen molar-refractivity contribution in [1.29, 1.82) is 0 Å². The fourth-order valence-electron chi connectivity index (χ4n) is 0.817. The lowest BCUT2D eigenvalue weighted by molar-refractivity contribution is 0.133. The molecule has 0 saturated carbocycles. The summed E-state index contributed by atoms with van der Waals surface area (Å²) in [6, 6.07) is 3.37. The molecule has 0 amide bonds. The molecule has 1 heterocycles. The molecule has 0 aliphatic carbocycles. The van der Waals surface area contributed by atoms with Crippen LogP contribution in [-0.2, 0) is 0 Å². The topological polar surface area (TPSA) is 58.0 Å². The Labute approximate surface area is 88.3 Å². The second-order valence-electron chi connectivity index (χ2n) is 3.76. The molecule has 1 atom stereocenters. The minimum absolute atomic E-state index is 0.352. The van der Waals surface area contributed by atoms with Crippen LogP contribution < -0.4 is 5.32 Å². The Morgan fingerprint density at radius 2 is 2.07 bits per heavy atom. The first-order chi connectivity index (χ1) is 6.42. The van der Waals surface area contributed by atoms with Gasteiger partial charge in [0.2, 0.25) is 0 Å². The van der Waals surface area contributed by atoms with Crippen LogP contribution in [0.3, 0.4) is 0 Å². The van der Waals surface area contributed by atoms with Gasteiger partial charge in [-0.25, -0.2) is 0 Å². The second-order valence-corrected chi connectivity index (χ2v) is 4.15. The third-order valence-corrected chi connectivity index (χ3v) is 2.33. The van der Waals surface area contributed by atoms with Gasteiger partial charge in [-0.3, -0.25) is 0 Å². The van der Waals surface area contributed by atoms with E-state index in [1.165, 1.54) is 0 Å². The van der Waals surface area contributed by atoms with Crippen LogP contribution in [0.2, 0.25) is 5.15 Å². The van der Waals surface area contributed by atoms with Crippen molar-refractivity contribution in [3.05, 3.63) is 17.3 Å². The number of aliphatic hydroxyl groups excluding tert-OH is 1. The number of halogens is 1. The first-order valence-corrected chi connectivity index (χ1v) is 4.75. The van der Waals surface area contributed by atoms with Crippen molar-refractivity contribution >= 4 is 17.4 Å². The minimum atomic E-state index is -0.486. The van der Waals surface area contributed by atoms with E-state index < -0.39 is 11.6 Å². The van der Waals surface area contributed by atoms with Gasteiger partial charge in [-0.15, -0.1) is 10.2 Å². The van der Waals surface area contributed by atoms with Crippen molar-refractivity contribution in [2.45, 2.75) is 32.4 Å². The number of hydrogen-bond donors (Lipinski definition) is 2. The second kappa shape index (κ2) is 4.11. The van der Waals surface area contributed by atoms with Gasteiger partial charge in [0, 0.05) is 0 Å². The highest BCUT2D eigenvalue weighted by molar-refractivity contribution is 6.29. The van der Waals surface area contributed by atoms with E-state index >= 15 is 0 Å². The van der Waals surface area contributed by atoms with Crippen molar-refractivity contribution in [1.82, 2.24) is 10.2 Å². The van der Waals surface area contributed by atoms with Gasteiger partial charge in [0.15, 0.2) is 5.15 Å². The zero-order valence-corrected chi connectivity index (χ0v) is 9.21. The molecule has 4 nitrogen and oxygen atoms in total. The number of hydrogen-bond acceptors (Lipinski definition) is 4. The van der Waals surface area contributed by atoms with Crippen LogP contribution in [-0.4, -0.2) is 26.9 Å². The lowest BCUT2D eigenvalue weighted by atomic mass is 9.99. The maximum Gasteiger partial charge on any atom is 0.151 e. The molecule has 0 aromatic carbocycles. The van der Waals surface area contributed by atoms with Crippen molar-refractivity contribution in [2.75, 3.05) is 5.32 Å². The molecule has 1 aromatic heterocycles. The first-order valence-electron chi connectivity index (χ1n) is 4.37. The van der Waals surface area contributed by atoms with Gasteiger partial charge in [-0.2, -0.15) is 0 Å². The smallest absolute Gasteiger partial charge is 0.151 e. The standard InChI is InChI=1S/C9H14ClN3O/c1-6(14)9(2,3)11-8-5-4-7(10)12-13-8/h4-6,14H,1-3H3,(H,11,13). The van der Waals surface area contributed by atoms with Crippen LogP contribution in [0.4, 0.5) is 5.82 Å². The summed E-state index contributed by atoms with van der Waals surface area (Å²) in [5, 5.41) is 20.4. The predicted octanol–water partition coefficient (Wildman–Crippen LogP) is 1.70. The summed E-state index contributed by atoms with van der Waals surface area (Å²) in [4.78, 5) is 0. The van der Waals surface area contributed by atoms with Gasteiger partial charge in [0.1, 0.15) is 5.82 Å². The maximum absolute atomic E-state index is 9.46. The van der Waals surface area contributed by atoms with Crippen molar-refractivity contribution in [3.8, 4) is 0 Å². The summed E-state index contributed by atoms with van der Waals surface area (Å²) in [7, 11) is 0. The number of aromatic nitrogens is 2. The van der Waals surface area contributed by atoms with Gasteiger partial charge in [-0.1, -0.05) is 11.6 Å². The van der Waals surface area contributed by atoms with Crippen LogP contribution in [0.25, 0.3) is 0 Å². The normalized spacial score (nSPS) is 13.8. The molecule has 78 valence electrons. The average Bonchev–Trinajstić information content (AvgIpc) is 2.08. The summed E-state index contributed by atoms with van der Waals surface area (Å²) in [5.74, 6) is 0.598. The van der Waals surface area contributed by atoms with Crippen LogP contribution in [0, 0.1) is 0 Å². The lowest BCUT2D eigenvalue weighted by Crippen LogP contribution is -2.42. The van der Waals surface area contributed by atoms with E-state index in [2.05, 4.69) is 15.5 Å². The minimum Gasteiger partial charge on any atom is -0.391 e. The van der Waals surface area contributed by atoms with E-state index in [4.69, 9.17) is 11.6 Å². The van der Waals surface area contributed by atoms with Gasteiger partial charge in [0.25, 0.3) is 0 Å². The highest BCUT2D eigenvalue weighted by Crippen LogP contribution is 2.16. The Kier molecular flexibility index (Phi) is 3.29. The van der Waals surface area contributed by atoms with E-state index in [1.807, 2.05) is 13.8 Å².